The molecular weight excluding hydrogens is 418 g/mol. The van der Waals surface area contributed by atoms with Gasteiger partial charge in [-0.25, -0.2) is 0 Å². The van der Waals surface area contributed by atoms with Crippen LogP contribution in [-0.2, 0) is 24.4 Å². The van der Waals surface area contributed by atoms with Crippen LogP contribution in [0.1, 0.15) is 40.2 Å². The van der Waals surface area contributed by atoms with Crippen molar-refractivity contribution < 1.29 is 28.8 Å². The zero-order valence-electron chi connectivity index (χ0n) is 19.2. The molecule has 2 aliphatic heterocycles. The molecule has 0 radical (unpaired) electrons. The summed E-state index contributed by atoms with van der Waals surface area (Å²) in [6, 6.07) is 8.75. The zero-order chi connectivity index (χ0) is 23.3. The van der Waals surface area contributed by atoms with Gasteiger partial charge in [-0.15, -0.1) is 0 Å². The Hall–Kier alpha value is -1.49. The molecule has 2 fully saturated rings. The van der Waals surface area contributed by atoms with Crippen molar-refractivity contribution in [1.82, 2.24) is 0 Å². The molecule has 3 rings (SSSR count). The third-order valence-corrected chi connectivity index (χ3v) is 10.9. The lowest BCUT2D eigenvalue weighted by molar-refractivity contribution is -0.300. The summed E-state index contributed by atoms with van der Waals surface area (Å²) in [6.45, 7) is 13.4. The molecule has 9 nitrogen and oxygen atoms in total. The van der Waals surface area contributed by atoms with Crippen LogP contribution in [0.15, 0.2) is 35.4 Å². The molecule has 2 saturated heterocycles. The van der Waals surface area contributed by atoms with E-state index in [1.54, 1.807) is 38.1 Å². The highest BCUT2D eigenvalue weighted by molar-refractivity contribution is 6.74. The minimum atomic E-state index is -2.29. The maximum atomic E-state index is 11.5. The van der Waals surface area contributed by atoms with E-state index in [0.29, 0.717) is 5.56 Å². The molecule has 1 aromatic rings. The summed E-state index contributed by atoms with van der Waals surface area (Å²) in [5, 5.41) is 26.5. The number of azide groups is 1. The SMILES string of the molecule is CC1(C)O[C@@H]2[C@H](O1)C(O)(c1ccccc1)O[C@@H]2[C@](O)(CO[Si](C)(C)C(C)(C)C)N=[N+]=[N-]. The summed E-state index contributed by atoms with van der Waals surface area (Å²) in [5.74, 6) is -2.93. The third-order valence-electron chi connectivity index (χ3n) is 6.43. The van der Waals surface area contributed by atoms with Crippen molar-refractivity contribution in [3.05, 3.63) is 46.3 Å². The summed E-state index contributed by atoms with van der Waals surface area (Å²) < 4.78 is 24.1. The summed E-state index contributed by atoms with van der Waals surface area (Å²) in [4.78, 5) is 2.84. The molecule has 0 amide bonds. The van der Waals surface area contributed by atoms with Crippen LogP contribution in [0.25, 0.3) is 10.4 Å². The molecule has 2 heterocycles. The number of hydrogen-bond donors (Lipinski definition) is 2. The van der Waals surface area contributed by atoms with Crippen molar-refractivity contribution in [2.45, 2.75) is 88.4 Å². The summed E-state index contributed by atoms with van der Waals surface area (Å²) >= 11 is 0. The van der Waals surface area contributed by atoms with Crippen molar-refractivity contribution in [2.75, 3.05) is 6.61 Å². The van der Waals surface area contributed by atoms with E-state index >= 15 is 0 Å². The van der Waals surface area contributed by atoms with Gasteiger partial charge in [0.2, 0.25) is 5.79 Å². The Kier molecular flexibility index (Phi) is 6.10. The Balaban J connectivity index is 1.99. The molecule has 0 aliphatic carbocycles. The molecule has 0 saturated carbocycles. The zero-order valence-corrected chi connectivity index (χ0v) is 20.2. The lowest BCUT2D eigenvalue weighted by Crippen LogP contribution is -2.54. The molecule has 5 atom stereocenters. The van der Waals surface area contributed by atoms with Crippen LogP contribution in [-0.4, -0.2) is 55.0 Å². The Labute approximate surface area is 184 Å². The van der Waals surface area contributed by atoms with E-state index in [4.69, 9.17) is 18.6 Å². The fourth-order valence-corrected chi connectivity index (χ4v) is 4.66. The van der Waals surface area contributed by atoms with Crippen molar-refractivity contribution in [1.29, 1.82) is 0 Å². The third kappa shape index (κ3) is 4.40. The van der Waals surface area contributed by atoms with E-state index in [9.17, 15) is 15.7 Å². The predicted molar refractivity (Wildman–Crippen MR) is 116 cm³/mol. The van der Waals surface area contributed by atoms with Gasteiger partial charge in [0.1, 0.15) is 18.3 Å². The maximum Gasteiger partial charge on any atom is 0.222 e. The molecule has 31 heavy (non-hydrogen) atoms. The molecule has 2 aliphatic rings. The number of fused-ring (bicyclic) bond motifs is 1. The summed E-state index contributed by atoms with van der Waals surface area (Å²) in [5.41, 5.74) is 7.54. The Bertz CT molecular complexity index is 854. The number of aliphatic hydroxyl groups is 2. The number of ether oxygens (including phenoxy) is 3. The van der Waals surface area contributed by atoms with Gasteiger partial charge in [0.05, 0.1) is 6.61 Å². The highest BCUT2D eigenvalue weighted by Gasteiger charge is 2.67. The smallest absolute Gasteiger partial charge is 0.222 e. The maximum absolute atomic E-state index is 11.5. The number of benzene rings is 1. The average Bonchev–Trinajstić information content (AvgIpc) is 3.13. The van der Waals surface area contributed by atoms with Crippen LogP contribution in [0, 0.1) is 0 Å². The molecule has 2 N–H and O–H groups in total. The molecule has 1 aromatic carbocycles. The average molecular weight is 452 g/mol. The van der Waals surface area contributed by atoms with Gasteiger partial charge in [-0.2, -0.15) is 0 Å². The molecule has 172 valence electrons. The minimum Gasteiger partial charge on any atom is -0.414 e. The first-order chi connectivity index (χ1) is 14.2. The number of nitrogens with zero attached hydrogens (tertiary/aromatic N) is 3. The molecular formula is C21H33N3O6Si. The van der Waals surface area contributed by atoms with Crippen LogP contribution in [0.2, 0.25) is 18.1 Å². The van der Waals surface area contributed by atoms with E-state index in [0.717, 1.165) is 0 Å². The van der Waals surface area contributed by atoms with Crippen molar-refractivity contribution in [2.24, 2.45) is 5.11 Å². The highest BCUT2D eigenvalue weighted by atomic mass is 28.4. The van der Waals surface area contributed by atoms with Gasteiger partial charge in [-0.3, -0.25) is 0 Å². The van der Waals surface area contributed by atoms with Gasteiger partial charge < -0.3 is 28.8 Å². The molecule has 0 aromatic heterocycles. The first-order valence-corrected chi connectivity index (χ1v) is 13.3. The van der Waals surface area contributed by atoms with Crippen LogP contribution < -0.4 is 0 Å². The Morgan fingerprint density at radius 2 is 1.77 bits per heavy atom. The van der Waals surface area contributed by atoms with Crippen molar-refractivity contribution >= 4 is 8.32 Å². The highest BCUT2D eigenvalue weighted by Crippen LogP contribution is 2.50. The lowest BCUT2D eigenvalue weighted by atomic mass is 9.95. The first-order valence-electron chi connectivity index (χ1n) is 10.4. The topological polar surface area (TPSA) is 126 Å². The molecule has 0 spiro atoms. The van der Waals surface area contributed by atoms with E-state index in [2.05, 4.69) is 30.8 Å². The first kappa shape index (κ1) is 24.2. The van der Waals surface area contributed by atoms with E-state index < -0.39 is 43.9 Å². The molecule has 1 unspecified atom stereocenters. The van der Waals surface area contributed by atoms with Gasteiger partial charge in [0, 0.05) is 10.5 Å². The van der Waals surface area contributed by atoms with Crippen LogP contribution >= 0.6 is 0 Å². The van der Waals surface area contributed by atoms with Crippen LogP contribution in [0.5, 0.6) is 0 Å². The number of hydrogen-bond acceptors (Lipinski definition) is 7. The minimum absolute atomic E-state index is 0.122. The Morgan fingerprint density at radius 3 is 2.32 bits per heavy atom. The van der Waals surface area contributed by atoms with E-state index in [1.165, 1.54) is 0 Å². The van der Waals surface area contributed by atoms with Crippen LogP contribution in [0.3, 0.4) is 0 Å². The second-order valence-corrected chi connectivity index (χ2v) is 15.0. The van der Waals surface area contributed by atoms with Gasteiger partial charge in [-0.1, -0.05) is 56.2 Å². The summed E-state index contributed by atoms with van der Waals surface area (Å²) in [7, 11) is -2.29. The van der Waals surface area contributed by atoms with Crippen LogP contribution in [0.4, 0.5) is 0 Å². The van der Waals surface area contributed by atoms with E-state index in [-0.39, 0.29) is 11.6 Å². The quantitative estimate of drug-likeness (QED) is 0.293. The second-order valence-electron chi connectivity index (χ2n) is 10.2. The van der Waals surface area contributed by atoms with Gasteiger partial charge >= 0.3 is 0 Å². The van der Waals surface area contributed by atoms with Gasteiger partial charge in [0.25, 0.3) is 0 Å². The van der Waals surface area contributed by atoms with Crippen molar-refractivity contribution in [3.8, 4) is 0 Å². The molecule has 0 bridgehead atoms. The fourth-order valence-electron chi connectivity index (χ4n) is 3.66. The number of rotatable bonds is 6. The summed E-state index contributed by atoms with van der Waals surface area (Å²) in [6.07, 6.45) is -3.05. The second kappa shape index (κ2) is 7.82. The standard InChI is InChI=1S/C21H33N3O6Si/c1-18(2,3)31(6,7)27-13-20(25,23-24-22)16-15-17(29-19(4,5)28-15)21(26,30-16)14-11-9-8-10-12-14/h8-12,15-17,25-26H,13H2,1-7H3/t15-,16-,17-,20+,21?/m0/s1. The molecule has 10 heteroatoms. The lowest BCUT2D eigenvalue weighted by Gasteiger charge is -2.40. The van der Waals surface area contributed by atoms with Gasteiger partial charge in [-0.05, 0) is 37.5 Å². The Morgan fingerprint density at radius 1 is 1.16 bits per heavy atom. The normalized spacial score (nSPS) is 32.2. The largest absolute Gasteiger partial charge is 0.414 e. The van der Waals surface area contributed by atoms with E-state index in [1.807, 2.05) is 19.2 Å². The monoisotopic (exact) mass is 451 g/mol. The predicted octanol–water partition coefficient (Wildman–Crippen LogP) is 3.77. The van der Waals surface area contributed by atoms with Crippen molar-refractivity contribution in [3.63, 3.8) is 0 Å². The van der Waals surface area contributed by atoms with Gasteiger partial charge in [0.15, 0.2) is 19.8 Å². The fraction of sp³-hybridized carbons (Fsp3) is 0.714.